The molecule has 2 aromatic rings. The summed E-state index contributed by atoms with van der Waals surface area (Å²) in [5.74, 6) is 0. The van der Waals surface area contributed by atoms with Crippen LogP contribution in [0.25, 0.3) is 11.3 Å². The highest BCUT2D eigenvalue weighted by Crippen LogP contribution is 2.22. The molecule has 1 aliphatic carbocycles. The number of benzene rings is 1. The van der Waals surface area contributed by atoms with Crippen molar-refractivity contribution < 1.29 is 0 Å². The number of hydrogen-bond acceptors (Lipinski definition) is 3. The molecule has 2 nitrogen and oxygen atoms in total. The first-order valence-corrected chi connectivity index (χ1v) is 8.44. The highest BCUT2D eigenvalue weighted by atomic mass is 32.1. The number of aryl methyl sites for hydroxylation is 1. The Morgan fingerprint density at radius 2 is 1.95 bits per heavy atom. The number of hydrogen-bond donors (Lipinski definition) is 1. The van der Waals surface area contributed by atoms with E-state index in [9.17, 15) is 0 Å². The van der Waals surface area contributed by atoms with Gasteiger partial charge in [-0.1, -0.05) is 42.7 Å². The van der Waals surface area contributed by atoms with Gasteiger partial charge in [0.15, 0.2) is 0 Å². The predicted octanol–water partition coefficient (Wildman–Crippen LogP) is 4.19. The van der Waals surface area contributed by atoms with Gasteiger partial charge in [-0.05, 0) is 19.8 Å². The molecule has 0 spiro atoms. The molecule has 1 N–H and O–H groups in total. The fraction of sp³-hybridized carbons (Fsp3) is 0.471. The van der Waals surface area contributed by atoms with Gasteiger partial charge in [0.1, 0.15) is 0 Å². The largest absolute Gasteiger partial charge is 0.314 e. The average Bonchev–Trinajstić information content (AvgIpc) is 3.11. The molecular formula is C17H22N2S. The molecule has 0 amide bonds. The zero-order chi connectivity index (χ0) is 13.8. The molecule has 0 radical (unpaired) electrons. The lowest BCUT2D eigenvalue weighted by molar-refractivity contribution is 0.527. The lowest BCUT2D eigenvalue weighted by atomic mass is 10.1. The second-order valence-corrected chi connectivity index (χ2v) is 6.62. The van der Waals surface area contributed by atoms with E-state index in [-0.39, 0.29) is 0 Å². The standard InChI is InChI=1S/C17H22N2S/c1-13-6-8-14(9-7-13)16-12-20-17(19-16)10-11-18-15-4-2-3-5-15/h6-9,12,15,18H,2-5,10-11H2,1H3. The van der Waals surface area contributed by atoms with Gasteiger partial charge in [-0.2, -0.15) is 0 Å². The second kappa shape index (κ2) is 6.51. The summed E-state index contributed by atoms with van der Waals surface area (Å²) in [5, 5.41) is 7.07. The normalized spacial score (nSPS) is 15.8. The van der Waals surface area contributed by atoms with E-state index in [0.29, 0.717) is 0 Å². The van der Waals surface area contributed by atoms with Crippen molar-refractivity contribution in [2.45, 2.75) is 45.1 Å². The van der Waals surface area contributed by atoms with Gasteiger partial charge in [-0.3, -0.25) is 0 Å². The van der Waals surface area contributed by atoms with Crippen LogP contribution in [0.15, 0.2) is 29.6 Å². The molecule has 0 saturated heterocycles. The van der Waals surface area contributed by atoms with E-state index < -0.39 is 0 Å². The van der Waals surface area contributed by atoms with E-state index in [1.807, 2.05) is 0 Å². The topological polar surface area (TPSA) is 24.9 Å². The van der Waals surface area contributed by atoms with Crippen molar-refractivity contribution in [3.63, 3.8) is 0 Å². The lowest BCUT2D eigenvalue weighted by Crippen LogP contribution is -2.27. The summed E-state index contributed by atoms with van der Waals surface area (Å²) in [4.78, 5) is 4.75. The van der Waals surface area contributed by atoms with Gasteiger partial charge in [0.05, 0.1) is 10.7 Å². The third-order valence-electron chi connectivity index (χ3n) is 4.03. The van der Waals surface area contributed by atoms with E-state index in [4.69, 9.17) is 4.98 Å². The van der Waals surface area contributed by atoms with Gasteiger partial charge in [0.25, 0.3) is 0 Å². The fourth-order valence-corrected chi connectivity index (χ4v) is 3.60. The Hall–Kier alpha value is -1.19. The molecule has 20 heavy (non-hydrogen) atoms. The molecule has 1 fully saturated rings. The fourth-order valence-electron chi connectivity index (χ4n) is 2.80. The van der Waals surface area contributed by atoms with Gasteiger partial charge in [0.2, 0.25) is 0 Å². The molecule has 1 heterocycles. The molecule has 0 unspecified atom stereocenters. The van der Waals surface area contributed by atoms with Crippen LogP contribution in [0.2, 0.25) is 0 Å². The second-order valence-electron chi connectivity index (χ2n) is 5.68. The van der Waals surface area contributed by atoms with Crippen LogP contribution in [-0.4, -0.2) is 17.6 Å². The van der Waals surface area contributed by atoms with Crippen molar-refractivity contribution in [3.05, 3.63) is 40.2 Å². The maximum absolute atomic E-state index is 4.75. The summed E-state index contributed by atoms with van der Waals surface area (Å²) in [5.41, 5.74) is 3.64. The first-order chi connectivity index (χ1) is 9.81. The van der Waals surface area contributed by atoms with E-state index in [0.717, 1.165) is 24.7 Å². The minimum absolute atomic E-state index is 0.756. The minimum Gasteiger partial charge on any atom is -0.314 e. The highest BCUT2D eigenvalue weighted by molar-refractivity contribution is 7.09. The summed E-state index contributed by atoms with van der Waals surface area (Å²) in [6.07, 6.45) is 6.55. The van der Waals surface area contributed by atoms with Crippen LogP contribution in [0, 0.1) is 6.92 Å². The SMILES string of the molecule is Cc1ccc(-c2csc(CCNC3CCCC3)n2)cc1. The molecule has 106 valence electrons. The van der Waals surface area contributed by atoms with Crippen LogP contribution >= 0.6 is 11.3 Å². The van der Waals surface area contributed by atoms with Gasteiger partial charge in [0, 0.05) is 30.0 Å². The zero-order valence-electron chi connectivity index (χ0n) is 12.1. The van der Waals surface area contributed by atoms with Crippen LogP contribution in [0.4, 0.5) is 0 Å². The monoisotopic (exact) mass is 286 g/mol. The maximum atomic E-state index is 4.75. The number of aromatic nitrogens is 1. The molecule has 1 aromatic heterocycles. The summed E-state index contributed by atoms with van der Waals surface area (Å²) in [6, 6.07) is 9.37. The Labute approximate surface area is 125 Å². The third-order valence-corrected chi connectivity index (χ3v) is 4.93. The molecule has 1 aromatic carbocycles. The Morgan fingerprint density at radius 3 is 2.70 bits per heavy atom. The van der Waals surface area contributed by atoms with Crippen molar-refractivity contribution in [2.75, 3.05) is 6.54 Å². The number of rotatable bonds is 5. The van der Waals surface area contributed by atoms with Crippen LogP contribution < -0.4 is 5.32 Å². The van der Waals surface area contributed by atoms with Gasteiger partial charge >= 0.3 is 0 Å². The predicted molar refractivity (Wildman–Crippen MR) is 86.2 cm³/mol. The zero-order valence-corrected chi connectivity index (χ0v) is 12.9. The molecule has 1 saturated carbocycles. The van der Waals surface area contributed by atoms with Crippen molar-refractivity contribution in [1.82, 2.24) is 10.3 Å². The Balaban J connectivity index is 1.55. The minimum atomic E-state index is 0.756. The molecule has 0 atom stereocenters. The van der Waals surface area contributed by atoms with Crippen LogP contribution in [0.5, 0.6) is 0 Å². The summed E-state index contributed by atoms with van der Waals surface area (Å²) < 4.78 is 0. The third kappa shape index (κ3) is 3.47. The first-order valence-electron chi connectivity index (χ1n) is 7.56. The Kier molecular flexibility index (Phi) is 4.48. The summed E-state index contributed by atoms with van der Waals surface area (Å²) in [6.45, 7) is 3.18. The quantitative estimate of drug-likeness (QED) is 0.891. The highest BCUT2D eigenvalue weighted by Gasteiger charge is 2.13. The van der Waals surface area contributed by atoms with E-state index in [1.54, 1.807) is 11.3 Å². The Bertz CT molecular complexity index is 538. The number of thiazole rings is 1. The molecule has 0 bridgehead atoms. The molecule has 3 rings (SSSR count). The van der Waals surface area contributed by atoms with Gasteiger partial charge in [-0.25, -0.2) is 4.98 Å². The molecule has 3 heteroatoms. The van der Waals surface area contributed by atoms with Crippen molar-refractivity contribution in [1.29, 1.82) is 0 Å². The maximum Gasteiger partial charge on any atom is 0.0945 e. The van der Waals surface area contributed by atoms with E-state index in [1.165, 1.54) is 41.8 Å². The van der Waals surface area contributed by atoms with E-state index >= 15 is 0 Å². The lowest BCUT2D eigenvalue weighted by Gasteiger charge is -2.10. The molecule has 0 aliphatic heterocycles. The summed E-state index contributed by atoms with van der Waals surface area (Å²) >= 11 is 1.78. The van der Waals surface area contributed by atoms with Gasteiger partial charge in [-0.15, -0.1) is 11.3 Å². The first kappa shape index (κ1) is 13.8. The van der Waals surface area contributed by atoms with Crippen molar-refractivity contribution >= 4 is 11.3 Å². The van der Waals surface area contributed by atoms with Crippen LogP contribution in [0.1, 0.15) is 36.3 Å². The van der Waals surface area contributed by atoms with Crippen LogP contribution in [0.3, 0.4) is 0 Å². The Morgan fingerprint density at radius 1 is 1.20 bits per heavy atom. The van der Waals surface area contributed by atoms with Crippen molar-refractivity contribution in [3.8, 4) is 11.3 Å². The molecular weight excluding hydrogens is 264 g/mol. The average molecular weight is 286 g/mol. The van der Waals surface area contributed by atoms with Gasteiger partial charge < -0.3 is 5.32 Å². The smallest absolute Gasteiger partial charge is 0.0945 e. The van der Waals surface area contributed by atoms with E-state index in [2.05, 4.69) is 41.9 Å². The number of nitrogens with one attached hydrogen (secondary N) is 1. The molecule has 1 aliphatic rings. The number of nitrogens with zero attached hydrogens (tertiary/aromatic N) is 1. The van der Waals surface area contributed by atoms with Crippen LogP contribution in [-0.2, 0) is 6.42 Å². The summed E-state index contributed by atoms with van der Waals surface area (Å²) in [7, 11) is 0. The van der Waals surface area contributed by atoms with Crippen molar-refractivity contribution in [2.24, 2.45) is 0 Å².